The van der Waals surface area contributed by atoms with Gasteiger partial charge in [0.2, 0.25) is 0 Å². The second kappa shape index (κ2) is 8.63. The van der Waals surface area contributed by atoms with Gasteiger partial charge < -0.3 is 30.4 Å². The maximum atomic E-state index is 10.3. The fraction of sp³-hybridized carbons (Fsp3) is 0.529. The molecule has 1 fully saturated rings. The summed E-state index contributed by atoms with van der Waals surface area (Å²) in [5, 5.41) is 32.8. The van der Waals surface area contributed by atoms with Crippen LogP contribution in [0.1, 0.15) is 17.6 Å². The Labute approximate surface area is 170 Å². The normalized spacial score (nSPS) is 24.4. The molecule has 0 aromatic carbocycles. The Morgan fingerprint density at radius 3 is 2.83 bits per heavy atom. The van der Waals surface area contributed by atoms with E-state index >= 15 is 0 Å². The van der Waals surface area contributed by atoms with Crippen molar-refractivity contribution in [3.8, 4) is 0 Å². The van der Waals surface area contributed by atoms with Crippen LogP contribution in [0.5, 0.6) is 0 Å². The van der Waals surface area contributed by atoms with Crippen molar-refractivity contribution in [2.75, 3.05) is 24.2 Å². The highest BCUT2D eigenvalue weighted by molar-refractivity contribution is 7.98. The van der Waals surface area contributed by atoms with Crippen LogP contribution in [0, 0.1) is 6.92 Å². The largest absolute Gasteiger partial charge is 0.394 e. The molecule has 4 atom stereocenters. The Balaban J connectivity index is 1.40. The number of anilines is 1. The van der Waals surface area contributed by atoms with Crippen LogP contribution in [0.3, 0.4) is 0 Å². The Bertz CT molecular complexity index is 964. The van der Waals surface area contributed by atoms with E-state index in [1.807, 2.05) is 6.92 Å². The van der Waals surface area contributed by atoms with Crippen molar-refractivity contribution < 1.29 is 20.1 Å². The molecule has 0 aliphatic carbocycles. The molecule has 0 bridgehead atoms. The van der Waals surface area contributed by atoms with E-state index in [1.54, 1.807) is 22.7 Å². The summed E-state index contributed by atoms with van der Waals surface area (Å²) in [6.45, 7) is 2.29. The Hall–Kier alpha value is -2.25. The fourth-order valence-electron chi connectivity index (χ4n) is 3.22. The second-order valence-corrected chi connectivity index (χ2v) is 7.83. The molecule has 3 aromatic rings. The van der Waals surface area contributed by atoms with Crippen LogP contribution in [0.4, 0.5) is 5.82 Å². The molecule has 12 heteroatoms. The lowest BCUT2D eigenvalue weighted by molar-refractivity contribution is -0.0511. The average Bonchev–Trinajstić information content (AvgIpc) is 3.41. The molecule has 29 heavy (non-hydrogen) atoms. The number of H-pyrrole nitrogens is 1. The van der Waals surface area contributed by atoms with Gasteiger partial charge in [0.15, 0.2) is 23.2 Å². The van der Waals surface area contributed by atoms with Gasteiger partial charge in [-0.05, 0) is 6.92 Å². The quantitative estimate of drug-likeness (QED) is 0.309. The van der Waals surface area contributed by atoms with Crippen LogP contribution in [0.2, 0.25) is 0 Å². The number of rotatable bonds is 8. The number of aryl methyl sites for hydroxylation is 1. The number of thioether (sulfide) groups is 1. The van der Waals surface area contributed by atoms with Crippen molar-refractivity contribution in [3.05, 3.63) is 30.4 Å². The zero-order valence-corrected chi connectivity index (χ0v) is 16.6. The molecule has 0 saturated carbocycles. The number of nitrogens with one attached hydrogen (secondary N) is 2. The summed E-state index contributed by atoms with van der Waals surface area (Å²) in [5.41, 5.74) is 3.14. The van der Waals surface area contributed by atoms with Crippen molar-refractivity contribution in [2.24, 2.45) is 0 Å². The SMILES string of the molecule is Cc1[nH]cnc1CSCCNc1ncnc2c1ncn2[C@@H]1O[C@H](CO)[C@@H](O)[C@H]1O. The van der Waals surface area contributed by atoms with Gasteiger partial charge in [0.05, 0.1) is 25.0 Å². The van der Waals surface area contributed by atoms with Gasteiger partial charge in [0.1, 0.15) is 24.6 Å². The molecule has 0 unspecified atom stereocenters. The van der Waals surface area contributed by atoms with E-state index in [4.69, 9.17) is 4.74 Å². The first kappa shape index (κ1) is 20.0. The van der Waals surface area contributed by atoms with Gasteiger partial charge in [-0.15, -0.1) is 0 Å². The lowest BCUT2D eigenvalue weighted by Crippen LogP contribution is -2.33. The third kappa shape index (κ3) is 3.94. The molecule has 3 aromatic heterocycles. The predicted molar refractivity (Wildman–Crippen MR) is 106 cm³/mol. The minimum atomic E-state index is -1.20. The topological polar surface area (TPSA) is 154 Å². The van der Waals surface area contributed by atoms with Gasteiger partial charge >= 0.3 is 0 Å². The Morgan fingerprint density at radius 2 is 2.10 bits per heavy atom. The van der Waals surface area contributed by atoms with E-state index in [-0.39, 0.29) is 0 Å². The van der Waals surface area contributed by atoms with Gasteiger partial charge in [0, 0.05) is 23.7 Å². The molecule has 0 amide bonds. The number of aromatic nitrogens is 6. The van der Waals surface area contributed by atoms with Crippen LogP contribution < -0.4 is 5.32 Å². The standard InChI is InChI=1S/C17H23N7O4S/c1-9-10(20-6-19-9)5-29-3-2-18-15-12-16(22-7-21-15)24(8-23-12)17-14(27)13(26)11(4-25)28-17/h6-8,11,13-14,17,25-27H,2-5H2,1H3,(H,19,20)(H,18,21,22)/t11-,13-,14-,17-/m1/s1. The lowest BCUT2D eigenvalue weighted by atomic mass is 10.1. The summed E-state index contributed by atoms with van der Waals surface area (Å²) >= 11 is 1.76. The molecular weight excluding hydrogens is 398 g/mol. The number of nitrogens with zero attached hydrogens (tertiary/aromatic N) is 5. The fourth-order valence-corrected chi connectivity index (χ4v) is 4.10. The van der Waals surface area contributed by atoms with Crippen LogP contribution in [0.25, 0.3) is 11.2 Å². The minimum absolute atomic E-state index is 0.390. The van der Waals surface area contributed by atoms with E-state index in [9.17, 15) is 15.3 Å². The molecule has 1 saturated heterocycles. The number of fused-ring (bicyclic) bond motifs is 1. The van der Waals surface area contributed by atoms with Crippen molar-refractivity contribution in [2.45, 2.75) is 37.2 Å². The highest BCUT2D eigenvalue weighted by atomic mass is 32.2. The van der Waals surface area contributed by atoms with Crippen molar-refractivity contribution in [1.82, 2.24) is 29.5 Å². The summed E-state index contributed by atoms with van der Waals surface area (Å²) in [4.78, 5) is 20.2. The van der Waals surface area contributed by atoms with Crippen LogP contribution in [0.15, 0.2) is 19.0 Å². The summed E-state index contributed by atoms with van der Waals surface area (Å²) in [6, 6.07) is 0. The first-order valence-corrected chi connectivity index (χ1v) is 10.4. The maximum absolute atomic E-state index is 10.3. The highest BCUT2D eigenvalue weighted by Gasteiger charge is 2.44. The van der Waals surface area contributed by atoms with E-state index in [2.05, 4.69) is 30.2 Å². The summed E-state index contributed by atoms with van der Waals surface area (Å²) in [7, 11) is 0. The smallest absolute Gasteiger partial charge is 0.167 e. The highest BCUT2D eigenvalue weighted by Crippen LogP contribution is 2.32. The van der Waals surface area contributed by atoms with Gasteiger partial charge in [-0.3, -0.25) is 4.57 Å². The Morgan fingerprint density at radius 1 is 1.24 bits per heavy atom. The summed E-state index contributed by atoms with van der Waals surface area (Å²) in [6.07, 6.45) is 0.466. The molecule has 1 aliphatic rings. The number of aliphatic hydroxyl groups excluding tert-OH is 3. The van der Waals surface area contributed by atoms with E-state index < -0.39 is 31.1 Å². The molecule has 4 rings (SSSR count). The van der Waals surface area contributed by atoms with Gasteiger partial charge in [-0.25, -0.2) is 19.9 Å². The van der Waals surface area contributed by atoms with Gasteiger partial charge in [0.25, 0.3) is 0 Å². The second-order valence-electron chi connectivity index (χ2n) is 6.73. The molecule has 1 aliphatic heterocycles. The molecule has 5 N–H and O–H groups in total. The minimum Gasteiger partial charge on any atom is -0.394 e. The molecule has 0 radical (unpaired) electrons. The number of imidazole rings is 2. The third-order valence-corrected chi connectivity index (χ3v) is 5.83. The number of hydrogen-bond acceptors (Lipinski definition) is 10. The molecule has 4 heterocycles. The third-order valence-electron chi connectivity index (χ3n) is 4.86. The first-order valence-electron chi connectivity index (χ1n) is 9.20. The molecule has 11 nitrogen and oxygen atoms in total. The maximum Gasteiger partial charge on any atom is 0.167 e. The van der Waals surface area contributed by atoms with E-state index in [0.29, 0.717) is 23.5 Å². The molecule has 0 spiro atoms. The number of aliphatic hydroxyl groups is 3. The van der Waals surface area contributed by atoms with Crippen LogP contribution in [-0.4, -0.2) is 82.0 Å². The lowest BCUT2D eigenvalue weighted by Gasteiger charge is -2.16. The van der Waals surface area contributed by atoms with E-state index in [0.717, 1.165) is 22.9 Å². The number of aromatic amines is 1. The van der Waals surface area contributed by atoms with Gasteiger partial charge in [-0.1, -0.05) is 0 Å². The monoisotopic (exact) mass is 421 g/mol. The summed E-state index contributed by atoms with van der Waals surface area (Å²) in [5.74, 6) is 2.26. The van der Waals surface area contributed by atoms with Gasteiger partial charge in [-0.2, -0.15) is 11.8 Å². The molecule has 156 valence electrons. The average molecular weight is 421 g/mol. The van der Waals surface area contributed by atoms with Crippen molar-refractivity contribution >= 4 is 28.7 Å². The summed E-state index contributed by atoms with van der Waals surface area (Å²) < 4.78 is 7.11. The molecular formula is C17H23N7O4S. The number of hydrogen-bond donors (Lipinski definition) is 5. The van der Waals surface area contributed by atoms with Crippen molar-refractivity contribution in [1.29, 1.82) is 0 Å². The van der Waals surface area contributed by atoms with Crippen molar-refractivity contribution in [3.63, 3.8) is 0 Å². The van der Waals surface area contributed by atoms with Crippen LogP contribution in [-0.2, 0) is 10.5 Å². The zero-order chi connectivity index (χ0) is 20.4. The zero-order valence-electron chi connectivity index (χ0n) is 15.8. The number of ether oxygens (including phenoxy) is 1. The van der Waals surface area contributed by atoms with Crippen LogP contribution >= 0.6 is 11.8 Å². The van der Waals surface area contributed by atoms with E-state index in [1.165, 1.54) is 12.7 Å². The predicted octanol–water partition coefficient (Wildman–Crippen LogP) is -0.185. The Kier molecular flexibility index (Phi) is 5.96. The first-order chi connectivity index (χ1) is 14.1.